The van der Waals surface area contributed by atoms with E-state index < -0.39 is 0 Å². The molecule has 30 heavy (non-hydrogen) atoms. The Hall–Kier alpha value is -3.00. The zero-order valence-corrected chi connectivity index (χ0v) is 18.1. The van der Waals surface area contributed by atoms with E-state index in [4.69, 9.17) is 9.47 Å². The predicted molar refractivity (Wildman–Crippen MR) is 115 cm³/mol. The first-order valence-corrected chi connectivity index (χ1v) is 10.7. The van der Waals surface area contributed by atoms with Crippen LogP contribution in [0.4, 0.5) is 0 Å². The third-order valence-electron chi connectivity index (χ3n) is 5.29. The largest absolute Gasteiger partial charge is 0.493 e. The molecule has 0 saturated carbocycles. The summed E-state index contributed by atoms with van der Waals surface area (Å²) >= 11 is 1.41. The highest BCUT2D eigenvalue weighted by molar-refractivity contribution is 7.99. The first kappa shape index (κ1) is 20.3. The molecule has 1 amide bonds. The summed E-state index contributed by atoms with van der Waals surface area (Å²) in [5.41, 5.74) is 4.44. The van der Waals surface area contributed by atoms with Crippen LogP contribution in [0.2, 0.25) is 0 Å². The molecule has 2 heterocycles. The zero-order chi connectivity index (χ0) is 21.1. The third kappa shape index (κ3) is 4.00. The van der Waals surface area contributed by atoms with Crippen LogP contribution in [0.3, 0.4) is 0 Å². The summed E-state index contributed by atoms with van der Waals surface area (Å²) in [6.45, 7) is 3.30. The molecule has 3 aromatic rings. The summed E-state index contributed by atoms with van der Waals surface area (Å²) in [7, 11) is 3.26. The number of aromatic nitrogens is 3. The van der Waals surface area contributed by atoms with Crippen molar-refractivity contribution in [3.8, 4) is 17.2 Å². The molecule has 7 nitrogen and oxygen atoms in total. The van der Waals surface area contributed by atoms with Gasteiger partial charge in [-0.25, -0.2) is 0 Å². The monoisotopic (exact) mass is 424 g/mol. The highest BCUT2D eigenvalue weighted by atomic mass is 32.2. The zero-order valence-electron chi connectivity index (χ0n) is 17.3. The van der Waals surface area contributed by atoms with Crippen molar-refractivity contribution >= 4 is 17.7 Å². The number of amides is 1. The second kappa shape index (κ2) is 8.79. The van der Waals surface area contributed by atoms with Crippen LogP contribution in [0.5, 0.6) is 11.5 Å². The molecule has 0 atom stereocenters. The van der Waals surface area contributed by atoms with Gasteiger partial charge in [-0.3, -0.25) is 9.36 Å². The second-order valence-corrected chi connectivity index (χ2v) is 8.04. The number of hydrogen-bond donors (Lipinski definition) is 0. The molecule has 1 aliphatic heterocycles. The second-order valence-electron chi connectivity index (χ2n) is 7.10. The molecule has 0 unspecified atom stereocenters. The maximum Gasteiger partial charge on any atom is 0.233 e. The molecule has 0 spiro atoms. The van der Waals surface area contributed by atoms with Crippen LogP contribution in [0.15, 0.2) is 47.9 Å². The van der Waals surface area contributed by atoms with E-state index in [1.54, 1.807) is 20.5 Å². The van der Waals surface area contributed by atoms with Crippen LogP contribution in [-0.4, -0.2) is 52.1 Å². The van der Waals surface area contributed by atoms with Gasteiger partial charge in [0.2, 0.25) is 5.91 Å². The molecule has 0 saturated heterocycles. The molecular formula is C22H24N4O3S. The molecular weight excluding hydrogens is 400 g/mol. The average molecular weight is 425 g/mol. The van der Waals surface area contributed by atoms with Gasteiger partial charge in [0.15, 0.2) is 16.7 Å². The maximum absolute atomic E-state index is 12.9. The minimum absolute atomic E-state index is 0.0831. The Bertz CT molecular complexity index is 1070. The first-order chi connectivity index (χ1) is 14.6. The van der Waals surface area contributed by atoms with Gasteiger partial charge in [0.05, 0.1) is 25.7 Å². The lowest BCUT2D eigenvalue weighted by atomic mass is 9.99. The van der Waals surface area contributed by atoms with E-state index in [2.05, 4.69) is 10.2 Å². The van der Waals surface area contributed by atoms with Crippen molar-refractivity contribution in [2.75, 3.05) is 26.5 Å². The van der Waals surface area contributed by atoms with E-state index in [-0.39, 0.29) is 5.91 Å². The van der Waals surface area contributed by atoms with Gasteiger partial charge in [-0.1, -0.05) is 30.0 Å². The number of aryl methyl sites for hydroxylation is 1. The molecule has 2 aromatic carbocycles. The molecule has 0 fully saturated rings. The van der Waals surface area contributed by atoms with Crippen LogP contribution >= 0.6 is 11.8 Å². The number of carbonyl (C=O) groups is 1. The molecule has 0 aliphatic carbocycles. The number of rotatable bonds is 6. The topological polar surface area (TPSA) is 69.5 Å². The van der Waals surface area contributed by atoms with E-state index in [0.29, 0.717) is 29.7 Å². The van der Waals surface area contributed by atoms with Crippen LogP contribution in [0.25, 0.3) is 5.69 Å². The summed E-state index contributed by atoms with van der Waals surface area (Å²) in [4.78, 5) is 14.8. The number of methoxy groups -OCH3 is 2. The summed E-state index contributed by atoms with van der Waals surface area (Å²) in [6.07, 6.45) is 2.48. The highest BCUT2D eigenvalue weighted by Gasteiger charge is 2.23. The lowest BCUT2D eigenvalue weighted by Gasteiger charge is -2.29. The fourth-order valence-corrected chi connectivity index (χ4v) is 4.46. The van der Waals surface area contributed by atoms with Crippen molar-refractivity contribution in [2.45, 2.75) is 25.0 Å². The Morgan fingerprint density at radius 1 is 1.13 bits per heavy atom. The minimum atomic E-state index is 0.0831. The van der Waals surface area contributed by atoms with Gasteiger partial charge in [0.1, 0.15) is 6.33 Å². The van der Waals surface area contributed by atoms with E-state index >= 15 is 0 Å². The van der Waals surface area contributed by atoms with Gasteiger partial charge in [-0.15, -0.1) is 10.2 Å². The minimum Gasteiger partial charge on any atom is -0.493 e. The molecule has 1 aromatic heterocycles. The van der Waals surface area contributed by atoms with Crippen LogP contribution in [0, 0.1) is 6.92 Å². The van der Waals surface area contributed by atoms with Gasteiger partial charge in [0, 0.05) is 13.1 Å². The number of para-hydroxylation sites is 1. The Morgan fingerprint density at radius 3 is 2.60 bits per heavy atom. The first-order valence-electron chi connectivity index (χ1n) is 9.71. The van der Waals surface area contributed by atoms with Crippen LogP contribution in [0.1, 0.15) is 16.7 Å². The normalized spacial score (nSPS) is 13.1. The number of benzene rings is 2. The summed E-state index contributed by atoms with van der Waals surface area (Å²) in [5, 5.41) is 8.95. The quantitative estimate of drug-likeness (QED) is 0.566. The molecule has 0 N–H and O–H groups in total. The van der Waals surface area contributed by atoms with Gasteiger partial charge >= 0.3 is 0 Å². The Kier molecular flexibility index (Phi) is 5.94. The third-order valence-corrected chi connectivity index (χ3v) is 6.21. The van der Waals surface area contributed by atoms with Gasteiger partial charge in [-0.05, 0) is 48.2 Å². The fourth-order valence-electron chi connectivity index (χ4n) is 3.64. The summed E-state index contributed by atoms with van der Waals surface area (Å²) in [5.74, 6) is 1.81. The average Bonchev–Trinajstić information content (AvgIpc) is 3.24. The number of ether oxygens (including phenoxy) is 2. The van der Waals surface area contributed by atoms with Crippen molar-refractivity contribution in [1.29, 1.82) is 0 Å². The van der Waals surface area contributed by atoms with Gasteiger partial charge in [0.25, 0.3) is 0 Å². The summed E-state index contributed by atoms with van der Waals surface area (Å²) in [6, 6.07) is 12.0. The van der Waals surface area contributed by atoms with Crippen molar-refractivity contribution in [2.24, 2.45) is 0 Å². The highest BCUT2D eigenvalue weighted by Crippen LogP contribution is 2.33. The number of carbonyl (C=O) groups excluding carboxylic acids is 1. The lowest BCUT2D eigenvalue weighted by molar-refractivity contribution is -0.129. The molecule has 0 bridgehead atoms. The van der Waals surface area contributed by atoms with Crippen molar-refractivity contribution in [3.05, 3.63) is 59.4 Å². The van der Waals surface area contributed by atoms with Crippen LogP contribution < -0.4 is 9.47 Å². The number of hydrogen-bond acceptors (Lipinski definition) is 6. The number of thioether (sulfide) groups is 1. The van der Waals surface area contributed by atoms with Gasteiger partial charge < -0.3 is 14.4 Å². The number of nitrogens with zero attached hydrogens (tertiary/aromatic N) is 4. The molecule has 0 radical (unpaired) electrons. The van der Waals surface area contributed by atoms with Crippen LogP contribution in [-0.2, 0) is 17.8 Å². The molecule has 156 valence electrons. The summed E-state index contributed by atoms with van der Waals surface area (Å²) < 4.78 is 12.7. The van der Waals surface area contributed by atoms with E-state index in [9.17, 15) is 4.79 Å². The fraction of sp³-hybridized carbons (Fsp3) is 0.318. The standard InChI is InChI=1S/C22H24N4O3S/c1-15-6-4-5-7-18(15)26-14-23-24-22(26)30-13-21(27)25-9-8-16-10-19(28-2)20(29-3)11-17(16)12-25/h4-7,10-11,14H,8-9,12-13H2,1-3H3. The predicted octanol–water partition coefficient (Wildman–Crippen LogP) is 3.27. The van der Waals surface area contributed by atoms with E-state index in [1.165, 1.54) is 17.3 Å². The number of fused-ring (bicyclic) bond motifs is 1. The SMILES string of the molecule is COc1cc2c(cc1OC)CN(C(=O)CSc1nncn1-c1ccccc1C)CC2. The van der Waals surface area contributed by atoms with Crippen molar-refractivity contribution in [3.63, 3.8) is 0 Å². The molecule has 4 rings (SSSR count). The van der Waals surface area contributed by atoms with Crippen molar-refractivity contribution in [1.82, 2.24) is 19.7 Å². The smallest absolute Gasteiger partial charge is 0.233 e. The van der Waals surface area contributed by atoms with E-state index in [1.807, 2.05) is 52.8 Å². The maximum atomic E-state index is 12.9. The van der Waals surface area contributed by atoms with Gasteiger partial charge in [-0.2, -0.15) is 0 Å². The Balaban J connectivity index is 1.44. The van der Waals surface area contributed by atoms with Crippen molar-refractivity contribution < 1.29 is 14.3 Å². The van der Waals surface area contributed by atoms with E-state index in [0.717, 1.165) is 29.0 Å². The molecule has 8 heteroatoms. The Labute approximate surface area is 180 Å². The lowest BCUT2D eigenvalue weighted by Crippen LogP contribution is -2.37. The Morgan fingerprint density at radius 2 is 1.87 bits per heavy atom. The molecule has 1 aliphatic rings.